The van der Waals surface area contributed by atoms with E-state index in [0.29, 0.717) is 5.69 Å². The second-order valence-electron chi connectivity index (χ2n) is 4.73. The Kier molecular flexibility index (Phi) is 1.91. The summed E-state index contributed by atoms with van der Waals surface area (Å²) in [6.07, 6.45) is 5.00. The molecule has 2 aliphatic rings. The number of aromatic nitrogens is 1. The number of nitrogens with one attached hydrogen (secondary N) is 1. The van der Waals surface area contributed by atoms with E-state index in [1.54, 1.807) is 0 Å². The number of H-pyrrole nitrogens is 1. The lowest BCUT2D eigenvalue weighted by molar-refractivity contribution is -0.115. The molecule has 1 aromatic heterocycles. The Morgan fingerprint density at radius 1 is 1.33 bits per heavy atom. The normalized spacial score (nSPS) is 25.2. The van der Waals surface area contributed by atoms with E-state index in [-0.39, 0.29) is 18.1 Å². The molecule has 0 spiro atoms. The second kappa shape index (κ2) is 3.46. The van der Waals surface area contributed by atoms with Crippen molar-refractivity contribution in [3.8, 4) is 0 Å². The van der Waals surface area contributed by atoms with Gasteiger partial charge in [0.1, 0.15) is 11.8 Å². The highest BCUT2D eigenvalue weighted by atomic mass is 16.7. The van der Waals surface area contributed by atoms with Crippen molar-refractivity contribution in [3.05, 3.63) is 48.2 Å². The van der Waals surface area contributed by atoms with E-state index in [4.69, 9.17) is 4.84 Å². The molecular weight excluding hydrogens is 228 g/mol. The van der Waals surface area contributed by atoms with E-state index in [0.717, 1.165) is 17.3 Å². The Morgan fingerprint density at radius 2 is 2.22 bits per heavy atom. The fourth-order valence-corrected chi connectivity index (χ4v) is 2.63. The molecule has 4 heteroatoms. The second-order valence-corrected chi connectivity index (χ2v) is 4.73. The molecule has 2 bridgehead atoms. The molecule has 4 nitrogen and oxygen atoms in total. The molecule has 90 valence electrons. The van der Waals surface area contributed by atoms with Crippen LogP contribution in [0.5, 0.6) is 0 Å². The Labute approximate surface area is 104 Å². The number of para-hydroxylation sites is 1. The number of nitrogens with zero attached hydrogens (tertiary/aromatic N) is 1. The molecule has 1 aliphatic carbocycles. The van der Waals surface area contributed by atoms with Gasteiger partial charge in [-0.05, 0) is 12.1 Å². The zero-order valence-corrected chi connectivity index (χ0v) is 9.67. The minimum absolute atomic E-state index is 0.0725. The molecule has 1 saturated heterocycles. The van der Waals surface area contributed by atoms with Crippen molar-refractivity contribution >= 4 is 16.8 Å². The lowest BCUT2D eigenvalue weighted by Crippen LogP contribution is -2.35. The summed E-state index contributed by atoms with van der Waals surface area (Å²) in [6.45, 7) is 0. The van der Waals surface area contributed by atoms with E-state index in [1.807, 2.05) is 42.5 Å². The predicted octanol–water partition coefficient (Wildman–Crippen LogP) is 2.25. The molecule has 1 amide bonds. The third-order valence-corrected chi connectivity index (χ3v) is 3.53. The molecule has 0 saturated carbocycles. The van der Waals surface area contributed by atoms with Gasteiger partial charge >= 0.3 is 0 Å². The maximum absolute atomic E-state index is 12.3. The van der Waals surface area contributed by atoms with Crippen molar-refractivity contribution in [1.82, 2.24) is 10.0 Å². The van der Waals surface area contributed by atoms with E-state index in [2.05, 4.69) is 4.98 Å². The summed E-state index contributed by atoms with van der Waals surface area (Å²) in [4.78, 5) is 21.0. The maximum Gasteiger partial charge on any atom is 0.294 e. The van der Waals surface area contributed by atoms with Gasteiger partial charge in [0.05, 0.1) is 6.04 Å². The smallest absolute Gasteiger partial charge is 0.294 e. The summed E-state index contributed by atoms with van der Waals surface area (Å²) in [7, 11) is 0. The van der Waals surface area contributed by atoms with E-state index in [1.165, 1.54) is 5.06 Å². The van der Waals surface area contributed by atoms with Crippen LogP contribution in [-0.2, 0) is 4.84 Å². The maximum atomic E-state index is 12.3. The lowest BCUT2D eigenvalue weighted by atomic mass is 10.2. The number of hydrogen-bond donors (Lipinski definition) is 1. The number of carbonyl (C=O) groups excluding carboxylic acids is 1. The molecule has 2 atom stereocenters. The number of hydroxylamine groups is 2. The molecule has 1 aliphatic heterocycles. The van der Waals surface area contributed by atoms with Crippen LogP contribution in [0.3, 0.4) is 0 Å². The first-order valence-electron chi connectivity index (χ1n) is 6.08. The number of benzene rings is 1. The molecule has 4 rings (SSSR count). The van der Waals surface area contributed by atoms with Gasteiger partial charge in [-0.3, -0.25) is 9.63 Å². The average Bonchev–Trinajstić information content (AvgIpc) is 3.11. The standard InChI is InChI=1S/C14H12N2O2/c17-14(16-10-5-6-11(8-10)18-16)13-7-9-3-1-2-4-12(9)15-13/h1-7,10-11,15H,8H2/t10-,11+/m0/s1. The van der Waals surface area contributed by atoms with Gasteiger partial charge in [-0.25, -0.2) is 5.06 Å². The van der Waals surface area contributed by atoms with Crippen LogP contribution in [0.25, 0.3) is 10.9 Å². The molecule has 1 N–H and O–H groups in total. The van der Waals surface area contributed by atoms with Crippen molar-refractivity contribution in [1.29, 1.82) is 0 Å². The SMILES string of the molecule is O=C(c1cc2ccccc2[nH]1)N1O[C@@H]2C=C[C@H]1C2. The molecule has 1 fully saturated rings. The van der Waals surface area contributed by atoms with E-state index in [9.17, 15) is 4.79 Å². The Balaban J connectivity index is 1.70. The molecule has 2 heterocycles. The first kappa shape index (κ1) is 9.91. The van der Waals surface area contributed by atoms with Crippen molar-refractivity contribution in [2.45, 2.75) is 18.6 Å². The Hall–Kier alpha value is -2.07. The predicted molar refractivity (Wildman–Crippen MR) is 66.9 cm³/mol. The average molecular weight is 240 g/mol. The fraction of sp³-hybridized carbons (Fsp3) is 0.214. The minimum atomic E-state index is -0.0944. The highest BCUT2D eigenvalue weighted by molar-refractivity contribution is 5.97. The minimum Gasteiger partial charge on any atom is -0.350 e. The van der Waals surface area contributed by atoms with Crippen LogP contribution in [-0.4, -0.2) is 28.1 Å². The van der Waals surface area contributed by atoms with E-state index < -0.39 is 0 Å². The topological polar surface area (TPSA) is 45.3 Å². The van der Waals surface area contributed by atoms with Gasteiger partial charge in [-0.15, -0.1) is 0 Å². The molecular formula is C14H12N2O2. The van der Waals surface area contributed by atoms with Crippen LogP contribution in [0, 0.1) is 0 Å². The summed E-state index contributed by atoms with van der Waals surface area (Å²) >= 11 is 0. The zero-order chi connectivity index (χ0) is 12.1. The summed E-state index contributed by atoms with van der Waals surface area (Å²) in [5.74, 6) is -0.0944. The number of hydrogen-bond acceptors (Lipinski definition) is 2. The van der Waals surface area contributed by atoms with Gasteiger partial charge in [-0.2, -0.15) is 0 Å². The van der Waals surface area contributed by atoms with Crippen molar-refractivity contribution in [2.24, 2.45) is 0 Å². The summed E-state index contributed by atoms with van der Waals surface area (Å²) < 4.78 is 0. The van der Waals surface area contributed by atoms with Crippen LogP contribution >= 0.6 is 0 Å². The van der Waals surface area contributed by atoms with Gasteiger partial charge in [0.25, 0.3) is 5.91 Å². The summed E-state index contributed by atoms with van der Waals surface area (Å²) in [5.41, 5.74) is 1.55. The Bertz CT molecular complexity index is 626. The molecule has 0 unspecified atom stereocenters. The quantitative estimate of drug-likeness (QED) is 0.777. The number of amides is 1. The van der Waals surface area contributed by atoms with Gasteiger partial charge in [0.15, 0.2) is 0 Å². The zero-order valence-electron chi connectivity index (χ0n) is 9.67. The van der Waals surface area contributed by atoms with Crippen LogP contribution in [0.15, 0.2) is 42.5 Å². The monoisotopic (exact) mass is 240 g/mol. The van der Waals surface area contributed by atoms with Crippen LogP contribution < -0.4 is 0 Å². The number of carbonyl (C=O) groups is 1. The molecule has 0 radical (unpaired) electrons. The van der Waals surface area contributed by atoms with Gasteiger partial charge < -0.3 is 4.98 Å². The van der Waals surface area contributed by atoms with Gasteiger partial charge in [-0.1, -0.05) is 30.4 Å². The van der Waals surface area contributed by atoms with Crippen molar-refractivity contribution in [2.75, 3.05) is 0 Å². The van der Waals surface area contributed by atoms with Crippen LogP contribution in [0.2, 0.25) is 0 Å². The number of aromatic amines is 1. The van der Waals surface area contributed by atoms with Gasteiger partial charge in [0.2, 0.25) is 0 Å². The molecule has 1 aromatic carbocycles. The number of fused-ring (bicyclic) bond motifs is 3. The fourth-order valence-electron chi connectivity index (χ4n) is 2.63. The molecule has 2 aromatic rings. The van der Waals surface area contributed by atoms with Crippen LogP contribution in [0.1, 0.15) is 16.9 Å². The van der Waals surface area contributed by atoms with Crippen molar-refractivity contribution < 1.29 is 9.63 Å². The number of rotatable bonds is 1. The first-order valence-corrected chi connectivity index (χ1v) is 6.08. The van der Waals surface area contributed by atoms with Gasteiger partial charge in [0, 0.05) is 17.3 Å². The van der Waals surface area contributed by atoms with Crippen LogP contribution in [0.4, 0.5) is 0 Å². The third-order valence-electron chi connectivity index (χ3n) is 3.53. The molecule has 18 heavy (non-hydrogen) atoms. The lowest BCUT2D eigenvalue weighted by Gasteiger charge is -2.21. The third kappa shape index (κ3) is 1.32. The highest BCUT2D eigenvalue weighted by Gasteiger charge is 2.39. The summed E-state index contributed by atoms with van der Waals surface area (Å²) in [5, 5.41) is 2.52. The Morgan fingerprint density at radius 3 is 2.94 bits per heavy atom. The van der Waals surface area contributed by atoms with E-state index >= 15 is 0 Å². The van der Waals surface area contributed by atoms with Crippen molar-refractivity contribution in [3.63, 3.8) is 0 Å². The largest absolute Gasteiger partial charge is 0.350 e. The summed E-state index contributed by atoms with van der Waals surface area (Å²) in [6, 6.07) is 9.82. The first-order chi connectivity index (χ1) is 8.81. The highest BCUT2D eigenvalue weighted by Crippen LogP contribution is 2.30.